The van der Waals surface area contributed by atoms with Crippen LogP contribution in [0.5, 0.6) is 0 Å². The molecule has 0 bridgehead atoms. The van der Waals surface area contributed by atoms with Crippen molar-refractivity contribution in [2.75, 3.05) is 13.1 Å². The molecule has 1 aromatic rings. The van der Waals surface area contributed by atoms with Crippen LogP contribution >= 0.6 is 11.3 Å². The highest BCUT2D eigenvalue weighted by atomic mass is 32.1. The molecule has 3 nitrogen and oxygen atoms in total. The molecule has 2 N–H and O–H groups in total. The summed E-state index contributed by atoms with van der Waals surface area (Å²) in [6, 6.07) is 4.31. The van der Waals surface area contributed by atoms with E-state index in [9.17, 15) is 4.79 Å². The summed E-state index contributed by atoms with van der Waals surface area (Å²) in [4.78, 5) is 13.3. The largest absolute Gasteiger partial charge is 0.348 e. The number of amides is 1. The molecule has 2 unspecified atom stereocenters. The molecule has 2 atom stereocenters. The van der Waals surface area contributed by atoms with Crippen LogP contribution in [-0.4, -0.2) is 19.0 Å². The summed E-state index contributed by atoms with van der Waals surface area (Å²) < 4.78 is 0. The summed E-state index contributed by atoms with van der Waals surface area (Å²) in [6.07, 6.45) is 2.07. The molecule has 0 aliphatic heterocycles. The number of nitrogens with one attached hydrogen (secondary N) is 2. The highest BCUT2D eigenvalue weighted by Crippen LogP contribution is 2.23. The Morgan fingerprint density at radius 3 is 2.78 bits per heavy atom. The Kier molecular flexibility index (Phi) is 6.98. The van der Waals surface area contributed by atoms with Crippen LogP contribution < -0.4 is 10.6 Å². The van der Waals surface area contributed by atoms with E-state index in [1.165, 1.54) is 4.88 Å². The zero-order valence-corrected chi connectivity index (χ0v) is 12.3. The summed E-state index contributed by atoms with van der Waals surface area (Å²) in [5.74, 6) is 0.159. The van der Waals surface area contributed by atoms with Gasteiger partial charge in [-0.25, -0.2) is 0 Å². The van der Waals surface area contributed by atoms with E-state index in [4.69, 9.17) is 0 Å². The minimum Gasteiger partial charge on any atom is -0.348 e. The molecule has 1 aromatic heterocycles. The van der Waals surface area contributed by atoms with E-state index in [1.54, 1.807) is 11.3 Å². The van der Waals surface area contributed by atoms with Crippen molar-refractivity contribution in [3.05, 3.63) is 22.4 Å². The predicted octanol–water partition coefficient (Wildman–Crippen LogP) is 2.95. The smallest absolute Gasteiger partial charge is 0.224 e. The van der Waals surface area contributed by atoms with Gasteiger partial charge in [0, 0.05) is 17.3 Å². The minimum atomic E-state index is 0.0178. The third-order valence-electron chi connectivity index (χ3n) is 2.93. The van der Waals surface area contributed by atoms with E-state index in [2.05, 4.69) is 35.9 Å². The van der Waals surface area contributed by atoms with E-state index >= 15 is 0 Å². The standard InChI is InChI=1S/C14H24N2OS/c1-4-7-12(13-8-6-9-18-13)16-14(17)11(3)10-15-5-2/h6,8-9,11-12,15H,4-5,7,10H2,1-3H3,(H,16,17). The van der Waals surface area contributed by atoms with E-state index < -0.39 is 0 Å². The monoisotopic (exact) mass is 268 g/mol. The first kappa shape index (κ1) is 15.2. The summed E-state index contributed by atoms with van der Waals surface area (Å²) in [5.41, 5.74) is 0. The van der Waals surface area contributed by atoms with Gasteiger partial charge in [0.15, 0.2) is 0 Å². The number of carbonyl (C=O) groups is 1. The van der Waals surface area contributed by atoms with Gasteiger partial charge >= 0.3 is 0 Å². The van der Waals surface area contributed by atoms with Crippen LogP contribution in [-0.2, 0) is 4.79 Å². The Morgan fingerprint density at radius 2 is 2.22 bits per heavy atom. The van der Waals surface area contributed by atoms with Crippen LogP contribution in [0.4, 0.5) is 0 Å². The topological polar surface area (TPSA) is 41.1 Å². The minimum absolute atomic E-state index is 0.0178. The van der Waals surface area contributed by atoms with Crippen LogP contribution in [0.25, 0.3) is 0 Å². The zero-order valence-electron chi connectivity index (χ0n) is 11.5. The van der Waals surface area contributed by atoms with Crippen LogP contribution in [0, 0.1) is 5.92 Å². The maximum atomic E-state index is 12.1. The predicted molar refractivity (Wildman–Crippen MR) is 77.8 cm³/mol. The van der Waals surface area contributed by atoms with Crippen molar-refractivity contribution in [2.24, 2.45) is 5.92 Å². The fraction of sp³-hybridized carbons (Fsp3) is 0.643. The Bertz CT molecular complexity index is 338. The average Bonchev–Trinajstić information content (AvgIpc) is 2.89. The van der Waals surface area contributed by atoms with Gasteiger partial charge in [0.05, 0.1) is 6.04 Å². The van der Waals surface area contributed by atoms with E-state index in [0.29, 0.717) is 0 Å². The Labute approximate surface area is 114 Å². The molecule has 102 valence electrons. The van der Waals surface area contributed by atoms with Gasteiger partial charge in [0.2, 0.25) is 5.91 Å². The first-order valence-electron chi connectivity index (χ1n) is 6.73. The fourth-order valence-electron chi connectivity index (χ4n) is 1.83. The number of thiophene rings is 1. The van der Waals surface area contributed by atoms with Crippen molar-refractivity contribution >= 4 is 17.2 Å². The Balaban J connectivity index is 2.53. The van der Waals surface area contributed by atoms with Gasteiger partial charge in [-0.1, -0.05) is 33.3 Å². The van der Waals surface area contributed by atoms with Crippen molar-refractivity contribution in [2.45, 2.75) is 39.7 Å². The summed E-state index contributed by atoms with van der Waals surface area (Å²) in [7, 11) is 0. The maximum absolute atomic E-state index is 12.1. The second-order valence-corrected chi connectivity index (χ2v) is 5.55. The second kappa shape index (κ2) is 8.27. The summed E-state index contributed by atoms with van der Waals surface area (Å²) in [6.45, 7) is 7.81. The third kappa shape index (κ3) is 4.78. The van der Waals surface area contributed by atoms with Gasteiger partial charge in [0.1, 0.15) is 0 Å². The Morgan fingerprint density at radius 1 is 1.44 bits per heavy atom. The van der Waals surface area contributed by atoms with E-state index in [0.717, 1.165) is 25.9 Å². The van der Waals surface area contributed by atoms with Crippen molar-refractivity contribution < 1.29 is 4.79 Å². The highest BCUT2D eigenvalue weighted by molar-refractivity contribution is 7.10. The molecular weight excluding hydrogens is 244 g/mol. The molecule has 1 rings (SSSR count). The normalized spacial score (nSPS) is 14.2. The first-order chi connectivity index (χ1) is 8.69. The number of hydrogen-bond donors (Lipinski definition) is 2. The molecule has 1 amide bonds. The lowest BCUT2D eigenvalue weighted by atomic mass is 10.1. The number of hydrogen-bond acceptors (Lipinski definition) is 3. The van der Waals surface area contributed by atoms with Gasteiger partial charge in [-0.3, -0.25) is 4.79 Å². The molecule has 0 aliphatic carbocycles. The molecule has 18 heavy (non-hydrogen) atoms. The number of carbonyl (C=O) groups excluding carboxylic acids is 1. The van der Waals surface area contributed by atoms with Crippen molar-refractivity contribution in [1.29, 1.82) is 0 Å². The molecule has 4 heteroatoms. The molecule has 0 saturated heterocycles. The molecule has 0 aromatic carbocycles. The molecular formula is C14H24N2OS. The fourth-order valence-corrected chi connectivity index (χ4v) is 2.64. The van der Waals surface area contributed by atoms with Crippen molar-refractivity contribution in [1.82, 2.24) is 10.6 Å². The summed E-state index contributed by atoms with van der Waals surface area (Å²) >= 11 is 1.71. The van der Waals surface area contributed by atoms with Crippen molar-refractivity contribution in [3.63, 3.8) is 0 Å². The Hall–Kier alpha value is -0.870. The van der Waals surface area contributed by atoms with Gasteiger partial charge in [-0.05, 0) is 24.4 Å². The van der Waals surface area contributed by atoms with Crippen molar-refractivity contribution in [3.8, 4) is 0 Å². The second-order valence-electron chi connectivity index (χ2n) is 4.57. The maximum Gasteiger partial charge on any atom is 0.224 e. The molecule has 0 saturated carbocycles. The average molecular weight is 268 g/mol. The molecule has 0 fully saturated rings. The highest BCUT2D eigenvalue weighted by Gasteiger charge is 2.18. The SMILES string of the molecule is CCCC(NC(=O)C(C)CNCC)c1cccs1. The van der Waals surface area contributed by atoms with E-state index in [1.807, 2.05) is 13.0 Å². The first-order valence-corrected chi connectivity index (χ1v) is 7.61. The van der Waals surface area contributed by atoms with Gasteiger partial charge in [-0.15, -0.1) is 11.3 Å². The van der Waals surface area contributed by atoms with E-state index in [-0.39, 0.29) is 17.9 Å². The van der Waals surface area contributed by atoms with Gasteiger partial charge in [0.25, 0.3) is 0 Å². The quantitative estimate of drug-likeness (QED) is 0.761. The molecule has 1 heterocycles. The lowest BCUT2D eigenvalue weighted by Gasteiger charge is -2.20. The van der Waals surface area contributed by atoms with Gasteiger partial charge in [-0.2, -0.15) is 0 Å². The van der Waals surface area contributed by atoms with Crippen LogP contribution in [0.1, 0.15) is 44.5 Å². The lowest BCUT2D eigenvalue weighted by Crippen LogP contribution is -2.37. The summed E-state index contributed by atoms with van der Waals surface area (Å²) in [5, 5.41) is 8.43. The van der Waals surface area contributed by atoms with Crippen LogP contribution in [0.3, 0.4) is 0 Å². The molecule has 0 spiro atoms. The third-order valence-corrected chi connectivity index (χ3v) is 3.91. The molecule has 0 aliphatic rings. The zero-order chi connectivity index (χ0) is 13.4. The molecule has 0 radical (unpaired) electrons. The van der Waals surface area contributed by atoms with Crippen LogP contribution in [0.15, 0.2) is 17.5 Å². The lowest BCUT2D eigenvalue weighted by molar-refractivity contribution is -0.125. The van der Waals surface area contributed by atoms with Gasteiger partial charge < -0.3 is 10.6 Å². The number of rotatable bonds is 8. The van der Waals surface area contributed by atoms with Crippen LogP contribution in [0.2, 0.25) is 0 Å².